The zero-order valence-electron chi connectivity index (χ0n) is 13.6. The molecule has 132 valence electrons. The Labute approximate surface area is 142 Å². The molecule has 0 fully saturated rings. The Bertz CT molecular complexity index is 563. The minimum atomic E-state index is -3.92. The fourth-order valence-electron chi connectivity index (χ4n) is 1.93. The number of aryl methyl sites for hydroxylation is 1. The van der Waals surface area contributed by atoms with Gasteiger partial charge >= 0.3 is 9.15 Å². The van der Waals surface area contributed by atoms with Gasteiger partial charge in [0.05, 0.1) is 13.7 Å². The highest BCUT2D eigenvalue weighted by molar-refractivity contribution is 8.69. The van der Waals surface area contributed by atoms with Gasteiger partial charge in [-0.3, -0.25) is 4.55 Å². The SMILES string of the molecule is CCc1ccc(OCCCCNCCSS(=O)(=O)O)c(OC)c1. The Hall–Kier alpha value is -0.960. The number of hydrogen-bond acceptors (Lipinski definition) is 6. The van der Waals surface area contributed by atoms with Crippen LogP contribution in [-0.2, 0) is 15.6 Å². The number of ether oxygens (including phenoxy) is 2. The predicted octanol–water partition coefficient (Wildman–Crippen LogP) is 2.54. The summed E-state index contributed by atoms with van der Waals surface area (Å²) in [6, 6.07) is 5.96. The number of methoxy groups -OCH3 is 1. The van der Waals surface area contributed by atoms with Crippen LogP contribution in [0.5, 0.6) is 11.5 Å². The average molecular weight is 364 g/mol. The highest BCUT2D eigenvalue weighted by atomic mass is 33.1. The number of benzene rings is 1. The fourth-order valence-corrected chi connectivity index (χ4v) is 3.25. The molecular weight excluding hydrogens is 338 g/mol. The molecule has 0 aliphatic heterocycles. The first-order valence-corrected chi connectivity index (χ1v) is 10.5. The third kappa shape index (κ3) is 9.04. The van der Waals surface area contributed by atoms with Crippen LogP contribution in [0, 0.1) is 0 Å². The molecule has 1 aromatic rings. The van der Waals surface area contributed by atoms with Crippen molar-refractivity contribution in [2.45, 2.75) is 26.2 Å². The van der Waals surface area contributed by atoms with E-state index in [2.05, 4.69) is 12.2 Å². The van der Waals surface area contributed by atoms with E-state index >= 15 is 0 Å². The van der Waals surface area contributed by atoms with Crippen LogP contribution in [0.1, 0.15) is 25.3 Å². The molecule has 0 spiro atoms. The van der Waals surface area contributed by atoms with Gasteiger partial charge in [-0.15, -0.1) is 0 Å². The molecule has 1 rings (SSSR count). The normalized spacial score (nSPS) is 11.4. The molecular formula is C15H25NO5S2. The van der Waals surface area contributed by atoms with Crippen molar-refractivity contribution < 1.29 is 22.4 Å². The number of unbranched alkanes of at least 4 members (excludes halogenated alkanes) is 1. The molecule has 0 amide bonds. The summed E-state index contributed by atoms with van der Waals surface area (Å²) in [6.07, 6.45) is 2.77. The Morgan fingerprint density at radius 1 is 1.22 bits per heavy atom. The number of nitrogens with one attached hydrogen (secondary N) is 1. The standard InChI is InChI=1S/C15H25NO5S2/c1-3-13-6-7-14(15(12-13)20-2)21-10-5-4-8-16-9-11-22-23(17,18)19/h6-7,12,16H,3-5,8-11H2,1-2H3,(H,17,18,19). The van der Waals surface area contributed by atoms with Crippen LogP contribution >= 0.6 is 10.8 Å². The van der Waals surface area contributed by atoms with Gasteiger partial charge in [-0.2, -0.15) is 8.42 Å². The maximum Gasteiger partial charge on any atom is 0.319 e. The second kappa shape index (κ2) is 10.7. The summed E-state index contributed by atoms with van der Waals surface area (Å²) in [4.78, 5) is 0. The zero-order valence-corrected chi connectivity index (χ0v) is 15.2. The van der Waals surface area contributed by atoms with Gasteiger partial charge in [0, 0.05) is 12.3 Å². The van der Waals surface area contributed by atoms with E-state index in [0.29, 0.717) is 29.7 Å². The lowest BCUT2D eigenvalue weighted by Crippen LogP contribution is -2.19. The monoisotopic (exact) mass is 363 g/mol. The lowest BCUT2D eigenvalue weighted by atomic mass is 10.1. The average Bonchev–Trinajstić information content (AvgIpc) is 2.52. The van der Waals surface area contributed by atoms with E-state index in [9.17, 15) is 8.42 Å². The Morgan fingerprint density at radius 2 is 2.00 bits per heavy atom. The topological polar surface area (TPSA) is 84.9 Å². The van der Waals surface area contributed by atoms with Crippen molar-refractivity contribution in [2.75, 3.05) is 32.6 Å². The van der Waals surface area contributed by atoms with Crippen LogP contribution in [-0.4, -0.2) is 45.5 Å². The minimum absolute atomic E-state index is 0.330. The second-order valence-corrected chi connectivity index (χ2v) is 8.36. The zero-order chi connectivity index (χ0) is 17.1. The molecule has 0 saturated heterocycles. The van der Waals surface area contributed by atoms with E-state index in [4.69, 9.17) is 14.0 Å². The molecule has 1 aromatic carbocycles. The molecule has 2 N–H and O–H groups in total. The molecule has 6 nitrogen and oxygen atoms in total. The van der Waals surface area contributed by atoms with Gasteiger partial charge in [0.2, 0.25) is 0 Å². The summed E-state index contributed by atoms with van der Waals surface area (Å²) in [6.45, 7) is 4.01. The van der Waals surface area contributed by atoms with Gasteiger partial charge in [-0.05, 0) is 54.3 Å². The molecule has 8 heteroatoms. The Morgan fingerprint density at radius 3 is 2.65 bits per heavy atom. The van der Waals surface area contributed by atoms with Crippen molar-refractivity contribution in [1.29, 1.82) is 0 Å². The van der Waals surface area contributed by atoms with Crippen molar-refractivity contribution in [3.8, 4) is 11.5 Å². The second-order valence-electron chi connectivity index (χ2n) is 4.89. The predicted molar refractivity (Wildman–Crippen MR) is 94.0 cm³/mol. The van der Waals surface area contributed by atoms with Crippen LogP contribution in [0.2, 0.25) is 0 Å². The van der Waals surface area contributed by atoms with E-state index in [-0.39, 0.29) is 0 Å². The first-order chi connectivity index (χ1) is 11.0. The largest absolute Gasteiger partial charge is 0.493 e. The Balaban J connectivity index is 2.13. The van der Waals surface area contributed by atoms with Crippen molar-refractivity contribution in [3.05, 3.63) is 23.8 Å². The third-order valence-electron chi connectivity index (χ3n) is 3.15. The molecule has 0 aromatic heterocycles. The van der Waals surface area contributed by atoms with Gasteiger partial charge in [-0.25, -0.2) is 0 Å². The highest BCUT2D eigenvalue weighted by Crippen LogP contribution is 2.28. The quantitative estimate of drug-likeness (QED) is 0.335. The molecule has 0 heterocycles. The number of hydrogen-bond donors (Lipinski definition) is 2. The summed E-state index contributed by atoms with van der Waals surface area (Å²) in [5.41, 5.74) is 1.21. The van der Waals surface area contributed by atoms with Gasteiger partial charge < -0.3 is 14.8 Å². The molecule has 0 atom stereocenters. The van der Waals surface area contributed by atoms with Crippen molar-refractivity contribution in [1.82, 2.24) is 5.32 Å². The van der Waals surface area contributed by atoms with Crippen LogP contribution in [0.15, 0.2) is 18.2 Å². The number of rotatable bonds is 12. The smallest absolute Gasteiger partial charge is 0.319 e. The highest BCUT2D eigenvalue weighted by Gasteiger charge is 2.05. The summed E-state index contributed by atoms with van der Waals surface area (Å²) in [5.74, 6) is 1.84. The first-order valence-electron chi connectivity index (χ1n) is 7.58. The van der Waals surface area contributed by atoms with Crippen molar-refractivity contribution >= 4 is 19.9 Å². The van der Waals surface area contributed by atoms with Crippen molar-refractivity contribution in [2.24, 2.45) is 0 Å². The van der Waals surface area contributed by atoms with Gasteiger partial charge in [-0.1, -0.05) is 13.0 Å². The molecule has 0 aliphatic carbocycles. The summed E-state index contributed by atoms with van der Waals surface area (Å²) >= 11 is 0. The summed E-state index contributed by atoms with van der Waals surface area (Å²) < 4.78 is 40.6. The van der Waals surface area contributed by atoms with E-state index in [0.717, 1.165) is 37.3 Å². The molecule has 23 heavy (non-hydrogen) atoms. The van der Waals surface area contributed by atoms with Gasteiger partial charge in [0.25, 0.3) is 0 Å². The maximum absolute atomic E-state index is 10.5. The molecule has 0 unspecified atom stereocenters. The van der Waals surface area contributed by atoms with Gasteiger partial charge in [0.1, 0.15) is 0 Å². The van der Waals surface area contributed by atoms with Crippen LogP contribution in [0.3, 0.4) is 0 Å². The van der Waals surface area contributed by atoms with Gasteiger partial charge in [0.15, 0.2) is 11.5 Å². The molecule has 0 aliphatic rings. The molecule has 0 bridgehead atoms. The molecule has 0 saturated carbocycles. The van der Waals surface area contributed by atoms with Crippen LogP contribution in [0.4, 0.5) is 0 Å². The summed E-state index contributed by atoms with van der Waals surface area (Å²) in [5, 5.41) is 3.12. The third-order valence-corrected chi connectivity index (χ3v) is 5.22. The fraction of sp³-hybridized carbons (Fsp3) is 0.600. The van der Waals surface area contributed by atoms with E-state index in [1.54, 1.807) is 7.11 Å². The lowest BCUT2D eigenvalue weighted by molar-refractivity contribution is 0.285. The van der Waals surface area contributed by atoms with E-state index in [1.165, 1.54) is 5.56 Å². The lowest BCUT2D eigenvalue weighted by Gasteiger charge is -2.12. The van der Waals surface area contributed by atoms with Crippen LogP contribution in [0.25, 0.3) is 0 Å². The summed E-state index contributed by atoms with van der Waals surface area (Å²) in [7, 11) is -1.76. The maximum atomic E-state index is 10.5. The van der Waals surface area contributed by atoms with Crippen LogP contribution < -0.4 is 14.8 Å². The Kier molecular flexibility index (Phi) is 9.39. The van der Waals surface area contributed by atoms with Crippen molar-refractivity contribution in [3.63, 3.8) is 0 Å². The first kappa shape index (κ1) is 20.1. The minimum Gasteiger partial charge on any atom is -0.493 e. The van der Waals surface area contributed by atoms with E-state index in [1.807, 2.05) is 18.2 Å². The van der Waals surface area contributed by atoms with E-state index < -0.39 is 9.15 Å². The molecule has 0 radical (unpaired) electrons.